The first-order chi connectivity index (χ1) is 7.15. The van der Waals surface area contributed by atoms with Gasteiger partial charge in [0.1, 0.15) is 11.5 Å². The maximum absolute atomic E-state index is 11.5. The minimum Gasteiger partial charge on any atom is -0.496 e. The first-order valence-electron chi connectivity index (χ1n) is 4.51. The van der Waals surface area contributed by atoms with Gasteiger partial charge in [-0.05, 0) is 19.1 Å². The SMILES string of the molecule is COc1ccc(C(=O)CS)c(OC)c1C. The first kappa shape index (κ1) is 11.9. The van der Waals surface area contributed by atoms with Gasteiger partial charge in [-0.1, -0.05) is 0 Å². The van der Waals surface area contributed by atoms with Gasteiger partial charge in [0.05, 0.1) is 25.5 Å². The lowest BCUT2D eigenvalue weighted by atomic mass is 10.1. The number of hydrogen-bond donors (Lipinski definition) is 1. The van der Waals surface area contributed by atoms with Gasteiger partial charge in [-0.3, -0.25) is 4.79 Å². The summed E-state index contributed by atoms with van der Waals surface area (Å²) in [7, 11) is 3.12. The molecule has 0 heterocycles. The molecule has 0 aliphatic heterocycles. The van der Waals surface area contributed by atoms with E-state index in [1.165, 1.54) is 7.11 Å². The number of rotatable bonds is 4. The lowest BCUT2D eigenvalue weighted by molar-refractivity contribution is 0.102. The van der Waals surface area contributed by atoms with Gasteiger partial charge in [-0.25, -0.2) is 0 Å². The summed E-state index contributed by atoms with van der Waals surface area (Å²) in [4.78, 5) is 11.5. The van der Waals surface area contributed by atoms with Crippen molar-refractivity contribution < 1.29 is 14.3 Å². The van der Waals surface area contributed by atoms with E-state index in [2.05, 4.69) is 12.6 Å². The Balaban J connectivity index is 3.30. The van der Waals surface area contributed by atoms with Gasteiger partial charge in [0.15, 0.2) is 5.78 Å². The Labute approximate surface area is 94.8 Å². The molecule has 0 atom stereocenters. The largest absolute Gasteiger partial charge is 0.496 e. The van der Waals surface area contributed by atoms with Crippen molar-refractivity contribution in [1.82, 2.24) is 0 Å². The van der Waals surface area contributed by atoms with E-state index in [0.717, 1.165) is 5.56 Å². The molecule has 0 aromatic heterocycles. The summed E-state index contributed by atoms with van der Waals surface area (Å²) in [5.41, 5.74) is 1.37. The van der Waals surface area contributed by atoms with E-state index in [0.29, 0.717) is 17.1 Å². The maximum Gasteiger partial charge on any atom is 0.176 e. The Morgan fingerprint density at radius 2 is 2.00 bits per heavy atom. The quantitative estimate of drug-likeness (QED) is 0.631. The Morgan fingerprint density at radius 1 is 1.33 bits per heavy atom. The van der Waals surface area contributed by atoms with Gasteiger partial charge in [0.25, 0.3) is 0 Å². The zero-order chi connectivity index (χ0) is 11.4. The number of hydrogen-bond acceptors (Lipinski definition) is 4. The molecular weight excluding hydrogens is 212 g/mol. The third-order valence-corrected chi connectivity index (χ3v) is 2.51. The summed E-state index contributed by atoms with van der Waals surface area (Å²) in [6.45, 7) is 1.85. The maximum atomic E-state index is 11.5. The van der Waals surface area contributed by atoms with E-state index >= 15 is 0 Å². The molecule has 0 aliphatic carbocycles. The Morgan fingerprint density at radius 3 is 2.47 bits per heavy atom. The average Bonchev–Trinajstić information content (AvgIpc) is 2.27. The van der Waals surface area contributed by atoms with Crippen molar-refractivity contribution in [3.8, 4) is 11.5 Å². The van der Waals surface area contributed by atoms with Crippen molar-refractivity contribution in [3.05, 3.63) is 23.3 Å². The number of ether oxygens (including phenoxy) is 2. The molecule has 0 N–H and O–H groups in total. The van der Waals surface area contributed by atoms with E-state index in [4.69, 9.17) is 9.47 Å². The molecule has 4 heteroatoms. The molecule has 0 bridgehead atoms. The predicted octanol–water partition coefficient (Wildman–Crippen LogP) is 2.12. The molecule has 0 unspecified atom stereocenters. The average molecular weight is 226 g/mol. The number of carbonyl (C=O) groups excluding carboxylic acids is 1. The smallest absolute Gasteiger partial charge is 0.176 e. The van der Waals surface area contributed by atoms with Gasteiger partial charge in [-0.15, -0.1) is 0 Å². The van der Waals surface area contributed by atoms with Crippen molar-refractivity contribution in [3.63, 3.8) is 0 Å². The molecule has 3 nitrogen and oxygen atoms in total. The van der Waals surface area contributed by atoms with Crippen molar-refractivity contribution in [1.29, 1.82) is 0 Å². The molecule has 0 saturated heterocycles. The number of carbonyl (C=O) groups is 1. The molecule has 0 spiro atoms. The van der Waals surface area contributed by atoms with Crippen LogP contribution in [0, 0.1) is 6.92 Å². The van der Waals surface area contributed by atoms with Crippen LogP contribution in [0.5, 0.6) is 11.5 Å². The van der Waals surface area contributed by atoms with Crippen molar-refractivity contribution >= 4 is 18.4 Å². The molecule has 0 fully saturated rings. The topological polar surface area (TPSA) is 35.5 Å². The van der Waals surface area contributed by atoms with Crippen LogP contribution >= 0.6 is 12.6 Å². The first-order valence-corrected chi connectivity index (χ1v) is 5.14. The molecule has 1 aromatic carbocycles. The molecule has 82 valence electrons. The second-order valence-electron chi connectivity index (χ2n) is 3.05. The van der Waals surface area contributed by atoms with Gasteiger partial charge in [-0.2, -0.15) is 12.6 Å². The molecule has 15 heavy (non-hydrogen) atoms. The van der Waals surface area contributed by atoms with Gasteiger partial charge < -0.3 is 9.47 Å². The van der Waals surface area contributed by atoms with Crippen LogP contribution in [-0.4, -0.2) is 25.8 Å². The fourth-order valence-corrected chi connectivity index (χ4v) is 1.63. The molecule has 0 radical (unpaired) electrons. The predicted molar refractivity (Wildman–Crippen MR) is 62.5 cm³/mol. The zero-order valence-electron chi connectivity index (χ0n) is 9.03. The van der Waals surface area contributed by atoms with Gasteiger partial charge in [0.2, 0.25) is 0 Å². The van der Waals surface area contributed by atoms with Crippen LogP contribution in [0.4, 0.5) is 0 Å². The lowest BCUT2D eigenvalue weighted by Gasteiger charge is -2.12. The summed E-state index contributed by atoms with van der Waals surface area (Å²) in [5.74, 6) is 1.39. The molecule has 0 aliphatic rings. The Bertz CT molecular complexity index is 374. The third-order valence-electron chi connectivity index (χ3n) is 2.22. The van der Waals surface area contributed by atoms with Crippen LogP contribution in [-0.2, 0) is 0 Å². The summed E-state index contributed by atoms with van der Waals surface area (Å²) in [6.07, 6.45) is 0. The van der Waals surface area contributed by atoms with Crippen LogP contribution in [0.2, 0.25) is 0 Å². The molecule has 1 aromatic rings. The van der Waals surface area contributed by atoms with Gasteiger partial charge >= 0.3 is 0 Å². The lowest BCUT2D eigenvalue weighted by Crippen LogP contribution is -2.05. The molecule has 1 rings (SSSR count). The number of thiol groups is 1. The summed E-state index contributed by atoms with van der Waals surface area (Å²) in [6, 6.07) is 3.46. The number of methoxy groups -OCH3 is 2. The summed E-state index contributed by atoms with van der Waals surface area (Å²) in [5, 5.41) is 0. The van der Waals surface area contributed by atoms with E-state index in [9.17, 15) is 4.79 Å². The van der Waals surface area contributed by atoms with Crippen molar-refractivity contribution in [2.45, 2.75) is 6.92 Å². The van der Waals surface area contributed by atoms with Crippen LogP contribution in [0.3, 0.4) is 0 Å². The molecular formula is C11H14O3S. The second kappa shape index (κ2) is 5.07. The van der Waals surface area contributed by atoms with Crippen LogP contribution < -0.4 is 9.47 Å². The van der Waals surface area contributed by atoms with Crippen LogP contribution in [0.15, 0.2) is 12.1 Å². The molecule has 0 saturated carbocycles. The monoisotopic (exact) mass is 226 g/mol. The Kier molecular flexibility index (Phi) is 4.03. The summed E-state index contributed by atoms with van der Waals surface area (Å²) >= 11 is 3.96. The fourth-order valence-electron chi connectivity index (χ4n) is 1.46. The minimum absolute atomic E-state index is 0.0547. The zero-order valence-corrected chi connectivity index (χ0v) is 9.93. The summed E-state index contributed by atoms with van der Waals surface area (Å²) < 4.78 is 10.4. The minimum atomic E-state index is -0.0547. The number of Topliss-reactive ketones (excluding diaryl/α,β-unsaturated/α-hetero) is 1. The highest BCUT2D eigenvalue weighted by molar-refractivity contribution is 7.81. The van der Waals surface area contributed by atoms with E-state index in [1.54, 1.807) is 19.2 Å². The van der Waals surface area contributed by atoms with Crippen molar-refractivity contribution in [2.75, 3.05) is 20.0 Å². The fraction of sp³-hybridized carbons (Fsp3) is 0.364. The Hall–Kier alpha value is -1.16. The third kappa shape index (κ3) is 2.26. The highest BCUT2D eigenvalue weighted by atomic mass is 32.1. The number of ketones is 1. The number of benzene rings is 1. The highest BCUT2D eigenvalue weighted by Crippen LogP contribution is 2.31. The van der Waals surface area contributed by atoms with Crippen LogP contribution in [0.1, 0.15) is 15.9 Å². The standard InChI is InChI=1S/C11H14O3S/c1-7-10(13-2)5-4-8(9(12)6-15)11(7)14-3/h4-5,15H,6H2,1-3H3. The van der Waals surface area contributed by atoms with E-state index in [1.807, 2.05) is 6.92 Å². The molecule has 0 amide bonds. The van der Waals surface area contributed by atoms with E-state index < -0.39 is 0 Å². The van der Waals surface area contributed by atoms with Gasteiger partial charge in [0, 0.05) is 5.56 Å². The normalized spacial score (nSPS) is 9.87. The van der Waals surface area contributed by atoms with E-state index in [-0.39, 0.29) is 11.5 Å². The highest BCUT2D eigenvalue weighted by Gasteiger charge is 2.15. The second-order valence-corrected chi connectivity index (χ2v) is 3.37. The van der Waals surface area contributed by atoms with Crippen LogP contribution in [0.25, 0.3) is 0 Å². The van der Waals surface area contributed by atoms with Crippen molar-refractivity contribution in [2.24, 2.45) is 0 Å².